The molecule has 1 amide bonds. The van der Waals surface area contributed by atoms with Crippen LogP contribution in [-0.2, 0) is 0 Å². The van der Waals surface area contributed by atoms with Crippen LogP contribution in [0.15, 0.2) is 30.3 Å². The summed E-state index contributed by atoms with van der Waals surface area (Å²) in [6.07, 6.45) is 2.97. The molecule has 1 atom stereocenters. The lowest BCUT2D eigenvalue weighted by Crippen LogP contribution is -2.38. The Morgan fingerprint density at radius 1 is 1.43 bits per heavy atom. The number of hydrogen-bond donors (Lipinski definition) is 0. The van der Waals surface area contributed by atoms with E-state index < -0.39 is 0 Å². The largest absolute Gasteiger partial charge is 0.337 e. The van der Waals surface area contributed by atoms with Gasteiger partial charge in [-0.2, -0.15) is 11.8 Å². The molecule has 1 unspecified atom stereocenters. The van der Waals surface area contributed by atoms with Crippen LogP contribution in [0.25, 0.3) is 10.9 Å². The van der Waals surface area contributed by atoms with E-state index in [1.165, 1.54) is 0 Å². The molecule has 0 aliphatic carbocycles. The molecule has 0 saturated carbocycles. The van der Waals surface area contributed by atoms with E-state index in [9.17, 15) is 4.79 Å². The molecule has 2 aromatic rings. The van der Waals surface area contributed by atoms with Crippen LogP contribution in [0, 0.1) is 0 Å². The third kappa shape index (κ3) is 3.50. The lowest BCUT2D eigenvalue weighted by molar-refractivity contribution is 0.0738. The number of amides is 1. The number of nitrogens with zero attached hydrogens (tertiary/aromatic N) is 2. The second-order valence-electron chi connectivity index (χ2n) is 4.94. The number of pyridine rings is 1. The van der Waals surface area contributed by atoms with Crippen molar-refractivity contribution in [3.8, 4) is 0 Å². The molecule has 0 fully saturated rings. The molecule has 0 aliphatic rings. The van der Waals surface area contributed by atoms with E-state index in [1.54, 1.807) is 22.7 Å². The van der Waals surface area contributed by atoms with Crippen LogP contribution < -0.4 is 0 Å². The number of carbonyl (C=O) groups excluding carboxylic acids is 1. The van der Waals surface area contributed by atoms with Crippen LogP contribution in [0.5, 0.6) is 0 Å². The van der Waals surface area contributed by atoms with Gasteiger partial charge in [-0.05, 0) is 24.8 Å². The van der Waals surface area contributed by atoms with E-state index in [-0.39, 0.29) is 11.9 Å². The number of aromatic nitrogens is 1. The first-order valence-corrected chi connectivity index (χ1v) is 8.67. The van der Waals surface area contributed by atoms with Crippen molar-refractivity contribution < 1.29 is 4.79 Å². The Hall–Kier alpha value is -1.26. The molecule has 3 nitrogen and oxygen atoms in total. The van der Waals surface area contributed by atoms with Gasteiger partial charge in [-0.25, -0.2) is 4.98 Å². The highest BCUT2D eigenvalue weighted by Crippen LogP contribution is 2.23. The van der Waals surface area contributed by atoms with Gasteiger partial charge in [0.2, 0.25) is 0 Å². The van der Waals surface area contributed by atoms with E-state index in [1.807, 2.05) is 37.6 Å². The summed E-state index contributed by atoms with van der Waals surface area (Å²) < 4.78 is 0. The Morgan fingerprint density at radius 3 is 2.81 bits per heavy atom. The fourth-order valence-electron chi connectivity index (χ4n) is 2.28. The average Bonchev–Trinajstić information content (AvgIpc) is 2.51. The van der Waals surface area contributed by atoms with Crippen molar-refractivity contribution in [2.24, 2.45) is 0 Å². The van der Waals surface area contributed by atoms with Crippen molar-refractivity contribution in [3.63, 3.8) is 0 Å². The standard InChI is InChI=1S/C16H19ClN2OS/c1-4-11(10-21-3)19(2)16(20)15-9-13(17)12-7-5-6-8-14(12)18-15/h5-9,11H,4,10H2,1-3H3. The predicted octanol–water partition coefficient (Wildman–Crippen LogP) is 4.10. The van der Waals surface area contributed by atoms with Crippen molar-refractivity contribution in [1.29, 1.82) is 0 Å². The van der Waals surface area contributed by atoms with Crippen molar-refractivity contribution in [2.45, 2.75) is 19.4 Å². The summed E-state index contributed by atoms with van der Waals surface area (Å²) in [6, 6.07) is 9.46. The van der Waals surface area contributed by atoms with Gasteiger partial charge in [-0.1, -0.05) is 36.7 Å². The molecular formula is C16H19ClN2OS. The fourth-order valence-corrected chi connectivity index (χ4v) is 3.39. The number of para-hydroxylation sites is 1. The lowest BCUT2D eigenvalue weighted by atomic mass is 10.1. The molecule has 1 heterocycles. The summed E-state index contributed by atoms with van der Waals surface area (Å²) in [7, 11) is 1.83. The van der Waals surface area contributed by atoms with Gasteiger partial charge in [0.1, 0.15) is 5.69 Å². The smallest absolute Gasteiger partial charge is 0.272 e. The van der Waals surface area contributed by atoms with E-state index in [4.69, 9.17) is 11.6 Å². The first-order chi connectivity index (χ1) is 10.1. The van der Waals surface area contributed by atoms with Crippen LogP contribution in [0.2, 0.25) is 5.02 Å². The van der Waals surface area contributed by atoms with Crippen LogP contribution in [0.3, 0.4) is 0 Å². The third-order valence-corrected chi connectivity index (χ3v) is 4.61. The topological polar surface area (TPSA) is 33.2 Å². The van der Waals surface area contributed by atoms with Crippen molar-refractivity contribution >= 4 is 40.2 Å². The SMILES string of the molecule is CCC(CSC)N(C)C(=O)c1cc(Cl)c2ccccc2n1. The number of rotatable bonds is 5. The zero-order valence-corrected chi connectivity index (χ0v) is 14.0. The Balaban J connectivity index is 2.34. The Labute approximate surface area is 134 Å². The van der Waals surface area contributed by atoms with E-state index >= 15 is 0 Å². The highest BCUT2D eigenvalue weighted by Gasteiger charge is 2.21. The molecule has 0 bridgehead atoms. The lowest BCUT2D eigenvalue weighted by Gasteiger charge is -2.26. The molecule has 0 spiro atoms. The molecule has 1 aromatic carbocycles. The highest BCUT2D eigenvalue weighted by atomic mass is 35.5. The van der Waals surface area contributed by atoms with Crippen LogP contribution >= 0.6 is 23.4 Å². The normalized spacial score (nSPS) is 12.4. The zero-order valence-electron chi connectivity index (χ0n) is 12.5. The molecule has 21 heavy (non-hydrogen) atoms. The van der Waals surface area contributed by atoms with Gasteiger partial charge in [-0.3, -0.25) is 4.79 Å². The van der Waals surface area contributed by atoms with Gasteiger partial charge in [-0.15, -0.1) is 0 Å². The molecule has 5 heteroatoms. The average molecular weight is 323 g/mol. The fraction of sp³-hybridized carbons (Fsp3) is 0.375. The van der Waals surface area contributed by atoms with Crippen molar-refractivity contribution in [3.05, 3.63) is 41.0 Å². The minimum absolute atomic E-state index is 0.0800. The first-order valence-electron chi connectivity index (χ1n) is 6.89. The number of halogens is 1. The summed E-state index contributed by atoms with van der Waals surface area (Å²) in [5.41, 5.74) is 1.15. The predicted molar refractivity (Wildman–Crippen MR) is 91.3 cm³/mol. The first kappa shape index (κ1) is 16.1. The van der Waals surface area contributed by atoms with Gasteiger partial charge >= 0.3 is 0 Å². The number of thioether (sulfide) groups is 1. The van der Waals surface area contributed by atoms with E-state index in [0.717, 1.165) is 23.1 Å². The highest BCUT2D eigenvalue weighted by molar-refractivity contribution is 7.98. The molecule has 0 saturated heterocycles. The summed E-state index contributed by atoms with van der Waals surface area (Å²) >= 11 is 8.01. The Bertz CT molecular complexity index is 647. The maximum absolute atomic E-state index is 12.6. The number of carbonyl (C=O) groups is 1. The van der Waals surface area contributed by atoms with Gasteiger partial charge < -0.3 is 4.90 Å². The maximum Gasteiger partial charge on any atom is 0.272 e. The summed E-state index contributed by atoms with van der Waals surface area (Å²) in [5.74, 6) is 0.837. The number of hydrogen-bond acceptors (Lipinski definition) is 3. The van der Waals surface area contributed by atoms with Crippen LogP contribution in [0.4, 0.5) is 0 Å². The third-order valence-electron chi connectivity index (χ3n) is 3.58. The monoisotopic (exact) mass is 322 g/mol. The molecule has 112 valence electrons. The van der Waals surface area contributed by atoms with Gasteiger partial charge in [0.05, 0.1) is 10.5 Å². The van der Waals surface area contributed by atoms with Gasteiger partial charge in [0.15, 0.2) is 0 Å². The minimum atomic E-state index is -0.0800. The quantitative estimate of drug-likeness (QED) is 0.831. The van der Waals surface area contributed by atoms with Crippen molar-refractivity contribution in [2.75, 3.05) is 19.1 Å². The number of fused-ring (bicyclic) bond motifs is 1. The zero-order chi connectivity index (χ0) is 15.4. The summed E-state index contributed by atoms with van der Waals surface area (Å²) in [6.45, 7) is 2.09. The molecule has 1 aromatic heterocycles. The summed E-state index contributed by atoms with van der Waals surface area (Å²) in [4.78, 5) is 18.8. The van der Waals surface area contributed by atoms with E-state index in [2.05, 4.69) is 11.9 Å². The van der Waals surface area contributed by atoms with Crippen molar-refractivity contribution in [1.82, 2.24) is 9.88 Å². The number of benzene rings is 1. The minimum Gasteiger partial charge on any atom is -0.337 e. The molecule has 0 radical (unpaired) electrons. The summed E-state index contributed by atoms with van der Waals surface area (Å²) in [5, 5.41) is 1.43. The van der Waals surface area contributed by atoms with Crippen LogP contribution in [-0.4, -0.2) is 40.9 Å². The second-order valence-corrected chi connectivity index (χ2v) is 6.26. The molecule has 0 N–H and O–H groups in total. The Morgan fingerprint density at radius 2 is 2.14 bits per heavy atom. The Kier molecular flexibility index (Phi) is 5.48. The van der Waals surface area contributed by atoms with Crippen LogP contribution in [0.1, 0.15) is 23.8 Å². The van der Waals surface area contributed by atoms with E-state index in [0.29, 0.717) is 10.7 Å². The molecule has 0 aliphatic heterocycles. The van der Waals surface area contributed by atoms with Gasteiger partial charge in [0.25, 0.3) is 5.91 Å². The molecular weight excluding hydrogens is 304 g/mol. The second kappa shape index (κ2) is 7.14. The van der Waals surface area contributed by atoms with Gasteiger partial charge in [0, 0.05) is 24.2 Å². The maximum atomic E-state index is 12.6. The molecule has 2 rings (SSSR count).